The summed E-state index contributed by atoms with van der Waals surface area (Å²) in [6.45, 7) is 2.30. The summed E-state index contributed by atoms with van der Waals surface area (Å²) in [6.07, 6.45) is 1.77. The predicted octanol–water partition coefficient (Wildman–Crippen LogP) is -2.76. The normalized spacial score (nSPS) is 10.3. The zero-order valence-corrected chi connectivity index (χ0v) is 8.86. The first kappa shape index (κ1) is 16.2. The summed E-state index contributed by atoms with van der Waals surface area (Å²) < 4.78 is 0. The highest BCUT2D eigenvalue weighted by Crippen LogP contribution is 1.88. The van der Waals surface area contributed by atoms with Gasteiger partial charge in [-0.25, -0.2) is 0 Å². The van der Waals surface area contributed by atoms with Crippen LogP contribution in [0.25, 0.3) is 0 Å². The molecule has 6 heteroatoms. The van der Waals surface area contributed by atoms with Crippen molar-refractivity contribution < 1.29 is 0 Å². The molecule has 0 rings (SSSR count). The van der Waals surface area contributed by atoms with Crippen molar-refractivity contribution in [3.63, 3.8) is 0 Å². The monoisotopic (exact) mass is 206 g/mol. The molecule has 0 heterocycles. The Hall–Kier alpha value is -0.240. The van der Waals surface area contributed by atoms with Crippen molar-refractivity contribution in [2.45, 2.75) is 24.9 Å². The molecular formula is C8H26N6. The summed E-state index contributed by atoms with van der Waals surface area (Å²) in [4.78, 5) is 0. The predicted molar refractivity (Wildman–Crippen MR) is 61.4 cm³/mol. The molecule has 0 aliphatic heterocycles. The lowest BCUT2D eigenvalue weighted by atomic mass is 10.1. The Morgan fingerprint density at radius 1 is 0.643 bits per heavy atom. The van der Waals surface area contributed by atoms with Crippen LogP contribution in [0.1, 0.15) is 12.8 Å². The van der Waals surface area contributed by atoms with Crippen LogP contribution in [0.3, 0.4) is 0 Å². The molecule has 14 heavy (non-hydrogen) atoms. The third-order valence-electron chi connectivity index (χ3n) is 1.68. The van der Waals surface area contributed by atoms with Crippen LogP contribution in [0.4, 0.5) is 0 Å². The van der Waals surface area contributed by atoms with Crippen molar-refractivity contribution in [2.24, 2.45) is 34.4 Å². The lowest BCUT2D eigenvalue weighted by Crippen LogP contribution is -2.36. The molecule has 0 aromatic carbocycles. The molecule has 0 aromatic rings. The van der Waals surface area contributed by atoms with Crippen LogP contribution in [0.2, 0.25) is 0 Å². The van der Waals surface area contributed by atoms with Crippen LogP contribution >= 0.6 is 0 Å². The van der Waals surface area contributed by atoms with Crippen molar-refractivity contribution in [1.29, 1.82) is 0 Å². The van der Waals surface area contributed by atoms with Gasteiger partial charge in [-0.3, -0.25) is 0 Å². The molecule has 0 aliphatic carbocycles. The smallest absolute Gasteiger partial charge is 0.0287 e. The summed E-state index contributed by atoms with van der Waals surface area (Å²) in [5, 5.41) is 0. The highest BCUT2D eigenvalue weighted by molar-refractivity contribution is 4.60. The van der Waals surface area contributed by atoms with E-state index in [1.165, 1.54) is 0 Å². The Morgan fingerprint density at radius 3 is 1.14 bits per heavy atom. The third kappa shape index (κ3) is 14.3. The fourth-order valence-electron chi connectivity index (χ4n) is 0.669. The van der Waals surface area contributed by atoms with Gasteiger partial charge in [0, 0.05) is 25.2 Å². The second-order valence-corrected chi connectivity index (χ2v) is 3.15. The Balaban J connectivity index is 0. The first-order valence-electron chi connectivity index (χ1n) is 4.93. The van der Waals surface area contributed by atoms with E-state index in [9.17, 15) is 0 Å². The average molecular weight is 206 g/mol. The second-order valence-electron chi connectivity index (χ2n) is 3.15. The lowest BCUT2D eigenvalue weighted by molar-refractivity contribution is 0.583. The molecule has 0 aromatic heterocycles. The van der Waals surface area contributed by atoms with Crippen LogP contribution in [-0.2, 0) is 0 Å². The van der Waals surface area contributed by atoms with Gasteiger partial charge in [0.05, 0.1) is 0 Å². The fourth-order valence-corrected chi connectivity index (χ4v) is 0.669. The van der Waals surface area contributed by atoms with E-state index in [-0.39, 0.29) is 12.1 Å². The minimum absolute atomic E-state index is 0.00926. The molecule has 0 radical (unpaired) electrons. The van der Waals surface area contributed by atoms with Gasteiger partial charge in [0.1, 0.15) is 0 Å². The van der Waals surface area contributed by atoms with Gasteiger partial charge in [-0.15, -0.1) is 0 Å². The number of hydrogen-bond acceptors (Lipinski definition) is 6. The standard InChI is InChI=1S/C5H15N3.C3H11N3/c6-3-1-5(8)2-4-7;4-1-3(6)2-5/h5H,1-4,6-8H2;3H,1-2,4-6H2. The molecule has 0 unspecified atom stereocenters. The zero-order valence-electron chi connectivity index (χ0n) is 8.86. The summed E-state index contributed by atoms with van der Waals surface area (Å²) >= 11 is 0. The first-order valence-corrected chi connectivity index (χ1v) is 4.93. The molecule has 12 N–H and O–H groups in total. The van der Waals surface area contributed by atoms with Gasteiger partial charge in [0.25, 0.3) is 0 Å². The van der Waals surface area contributed by atoms with Gasteiger partial charge < -0.3 is 34.4 Å². The van der Waals surface area contributed by atoms with E-state index in [1.54, 1.807) is 0 Å². The first-order chi connectivity index (χ1) is 6.62. The van der Waals surface area contributed by atoms with Crippen molar-refractivity contribution in [2.75, 3.05) is 26.2 Å². The van der Waals surface area contributed by atoms with Crippen molar-refractivity contribution in [3.8, 4) is 0 Å². The molecular weight excluding hydrogens is 180 g/mol. The Labute approximate surface area is 86.3 Å². The Kier molecular flexibility index (Phi) is 14.8. The summed E-state index contributed by atoms with van der Waals surface area (Å²) in [5.74, 6) is 0. The molecule has 0 saturated carbocycles. The van der Waals surface area contributed by atoms with Crippen molar-refractivity contribution >= 4 is 0 Å². The molecule has 0 fully saturated rings. The number of rotatable bonds is 6. The highest BCUT2D eigenvalue weighted by atomic mass is 14.8. The van der Waals surface area contributed by atoms with Gasteiger partial charge in [-0.2, -0.15) is 0 Å². The minimum Gasteiger partial charge on any atom is -0.330 e. The number of hydrogen-bond donors (Lipinski definition) is 6. The summed E-state index contributed by atoms with van der Waals surface area (Å²) in [5.41, 5.74) is 31.4. The fraction of sp³-hybridized carbons (Fsp3) is 1.00. The largest absolute Gasteiger partial charge is 0.330 e. The maximum Gasteiger partial charge on any atom is 0.0287 e. The van der Waals surface area contributed by atoms with Gasteiger partial charge >= 0.3 is 0 Å². The van der Waals surface area contributed by atoms with E-state index in [0.29, 0.717) is 26.2 Å². The lowest BCUT2D eigenvalue weighted by Gasteiger charge is -2.05. The van der Waals surface area contributed by atoms with Gasteiger partial charge in [0.2, 0.25) is 0 Å². The molecule has 0 amide bonds. The molecule has 0 bridgehead atoms. The van der Waals surface area contributed by atoms with Crippen LogP contribution in [0.5, 0.6) is 0 Å². The highest BCUT2D eigenvalue weighted by Gasteiger charge is 1.96. The zero-order chi connectivity index (χ0) is 11.4. The van der Waals surface area contributed by atoms with E-state index < -0.39 is 0 Å². The van der Waals surface area contributed by atoms with Crippen LogP contribution < -0.4 is 34.4 Å². The molecule has 0 aliphatic rings. The van der Waals surface area contributed by atoms with E-state index >= 15 is 0 Å². The quantitative estimate of drug-likeness (QED) is 0.276. The Bertz CT molecular complexity index is 89.8. The van der Waals surface area contributed by atoms with Gasteiger partial charge in [-0.1, -0.05) is 0 Å². The maximum absolute atomic E-state index is 5.53. The van der Waals surface area contributed by atoms with Crippen molar-refractivity contribution in [1.82, 2.24) is 0 Å². The van der Waals surface area contributed by atoms with Crippen LogP contribution in [-0.4, -0.2) is 38.3 Å². The average Bonchev–Trinajstić information content (AvgIpc) is 2.18. The van der Waals surface area contributed by atoms with E-state index in [1.807, 2.05) is 0 Å². The summed E-state index contributed by atoms with van der Waals surface area (Å²) in [6, 6.07) is 0.204. The minimum atomic E-state index is -0.00926. The number of nitrogens with two attached hydrogens (primary N) is 6. The molecule has 0 atom stereocenters. The van der Waals surface area contributed by atoms with Gasteiger partial charge in [0.15, 0.2) is 0 Å². The third-order valence-corrected chi connectivity index (χ3v) is 1.68. The van der Waals surface area contributed by atoms with E-state index in [2.05, 4.69) is 0 Å². The van der Waals surface area contributed by atoms with E-state index in [0.717, 1.165) is 12.8 Å². The topological polar surface area (TPSA) is 156 Å². The Morgan fingerprint density at radius 2 is 1.00 bits per heavy atom. The molecule has 88 valence electrons. The molecule has 0 spiro atoms. The second kappa shape index (κ2) is 12.8. The van der Waals surface area contributed by atoms with Crippen LogP contribution in [0.15, 0.2) is 0 Å². The van der Waals surface area contributed by atoms with Gasteiger partial charge in [-0.05, 0) is 25.9 Å². The van der Waals surface area contributed by atoms with Crippen LogP contribution in [0, 0.1) is 0 Å². The maximum atomic E-state index is 5.53. The molecule has 6 nitrogen and oxygen atoms in total. The summed E-state index contributed by atoms with van der Waals surface area (Å²) in [7, 11) is 0. The molecule has 0 saturated heterocycles. The van der Waals surface area contributed by atoms with Crippen molar-refractivity contribution in [3.05, 3.63) is 0 Å². The SMILES string of the molecule is NCC(N)CN.NCCC(N)CCN. The van der Waals surface area contributed by atoms with E-state index in [4.69, 9.17) is 34.4 Å².